The topological polar surface area (TPSA) is 70.1 Å². The average Bonchev–Trinajstić information content (AvgIpc) is 3.04. The highest BCUT2D eigenvalue weighted by Gasteiger charge is 2.11. The maximum Gasteiger partial charge on any atom is 0.328 e. The van der Waals surface area contributed by atoms with Crippen LogP contribution in [0.15, 0.2) is 30.6 Å². The van der Waals surface area contributed by atoms with Crippen molar-refractivity contribution in [3.63, 3.8) is 0 Å². The minimum absolute atomic E-state index is 0.0855. The van der Waals surface area contributed by atoms with E-state index in [-0.39, 0.29) is 12.5 Å². The highest BCUT2D eigenvalue weighted by atomic mass is 16.5. The van der Waals surface area contributed by atoms with Crippen molar-refractivity contribution in [2.24, 2.45) is 0 Å². The van der Waals surface area contributed by atoms with Gasteiger partial charge in [-0.3, -0.25) is 9.48 Å². The quantitative estimate of drug-likeness (QED) is 0.859. The van der Waals surface area contributed by atoms with Crippen molar-refractivity contribution in [1.29, 1.82) is 0 Å². The number of nitrogens with zero attached hydrogens (tertiary/aromatic N) is 2. The number of anilines is 1. The lowest BCUT2D eigenvalue weighted by Gasteiger charge is -2.07. The zero-order valence-corrected chi connectivity index (χ0v) is 11.2. The van der Waals surface area contributed by atoms with Crippen LogP contribution in [0.3, 0.4) is 0 Å². The van der Waals surface area contributed by atoms with Gasteiger partial charge in [-0.05, 0) is 36.0 Å². The molecule has 0 saturated heterocycles. The monoisotopic (exact) mass is 271 g/mol. The predicted molar refractivity (Wildman–Crippen MR) is 74.9 cm³/mol. The van der Waals surface area contributed by atoms with Gasteiger partial charge in [-0.1, -0.05) is 18.2 Å². The van der Waals surface area contributed by atoms with Gasteiger partial charge in [0.25, 0.3) is 0 Å². The Labute approximate surface area is 117 Å². The third-order valence-electron chi connectivity index (χ3n) is 3.51. The highest BCUT2D eigenvalue weighted by molar-refractivity contribution is 5.69. The van der Waals surface area contributed by atoms with Crippen molar-refractivity contribution < 1.29 is 9.53 Å². The van der Waals surface area contributed by atoms with Gasteiger partial charge < -0.3 is 10.5 Å². The summed E-state index contributed by atoms with van der Waals surface area (Å²) in [5.41, 5.74) is 9.93. The van der Waals surface area contributed by atoms with E-state index in [4.69, 9.17) is 10.5 Å². The summed E-state index contributed by atoms with van der Waals surface area (Å²) in [5, 5.41) is 3.95. The van der Waals surface area contributed by atoms with Crippen LogP contribution in [0.1, 0.15) is 23.1 Å². The standard InChI is InChI=1S/C15H17N3O2/c16-14-7-17-18(8-14)9-15(19)20-10-11-4-5-12-2-1-3-13(12)6-11/h4-8H,1-3,9-10,16H2. The number of fused-ring (bicyclic) bond motifs is 1. The van der Waals surface area contributed by atoms with Crippen molar-refractivity contribution in [1.82, 2.24) is 9.78 Å². The number of rotatable bonds is 4. The van der Waals surface area contributed by atoms with Gasteiger partial charge in [0, 0.05) is 6.20 Å². The Morgan fingerprint density at radius 3 is 3.00 bits per heavy atom. The molecule has 5 nitrogen and oxygen atoms in total. The lowest BCUT2D eigenvalue weighted by Crippen LogP contribution is -2.13. The Hall–Kier alpha value is -2.30. The Morgan fingerprint density at radius 2 is 2.20 bits per heavy atom. The molecule has 0 amide bonds. The van der Waals surface area contributed by atoms with Gasteiger partial charge in [-0.25, -0.2) is 0 Å². The van der Waals surface area contributed by atoms with Crippen LogP contribution >= 0.6 is 0 Å². The molecule has 1 aromatic carbocycles. The molecule has 2 aromatic rings. The van der Waals surface area contributed by atoms with E-state index < -0.39 is 0 Å². The number of hydrogen-bond donors (Lipinski definition) is 1. The van der Waals surface area contributed by atoms with E-state index in [2.05, 4.69) is 17.2 Å². The van der Waals surface area contributed by atoms with Gasteiger partial charge in [0.1, 0.15) is 13.2 Å². The second kappa shape index (κ2) is 5.36. The first-order valence-corrected chi connectivity index (χ1v) is 6.75. The molecule has 1 aromatic heterocycles. The van der Waals surface area contributed by atoms with Crippen LogP contribution in [-0.4, -0.2) is 15.7 Å². The van der Waals surface area contributed by atoms with E-state index in [9.17, 15) is 4.79 Å². The minimum atomic E-state index is -0.311. The summed E-state index contributed by atoms with van der Waals surface area (Å²) in [6.45, 7) is 0.394. The maximum absolute atomic E-state index is 11.7. The highest BCUT2D eigenvalue weighted by Crippen LogP contribution is 2.23. The molecule has 20 heavy (non-hydrogen) atoms. The fourth-order valence-corrected chi connectivity index (χ4v) is 2.52. The van der Waals surface area contributed by atoms with E-state index >= 15 is 0 Å². The van der Waals surface area contributed by atoms with E-state index in [1.54, 1.807) is 6.20 Å². The van der Waals surface area contributed by atoms with Crippen molar-refractivity contribution >= 4 is 11.7 Å². The molecule has 0 aliphatic heterocycles. The van der Waals surface area contributed by atoms with E-state index in [0.717, 1.165) is 18.4 Å². The zero-order valence-electron chi connectivity index (χ0n) is 11.2. The van der Waals surface area contributed by atoms with E-state index in [0.29, 0.717) is 12.3 Å². The van der Waals surface area contributed by atoms with Gasteiger partial charge in [0.2, 0.25) is 0 Å². The molecule has 0 radical (unpaired) electrons. The van der Waals surface area contributed by atoms with Crippen LogP contribution in [-0.2, 0) is 35.5 Å². The number of aryl methyl sites for hydroxylation is 2. The molecule has 0 fully saturated rings. The first-order valence-electron chi connectivity index (χ1n) is 6.75. The number of hydrogen-bond acceptors (Lipinski definition) is 4. The SMILES string of the molecule is Nc1cnn(CC(=O)OCc2ccc3c(c2)CCC3)c1. The average molecular weight is 271 g/mol. The molecule has 3 rings (SSSR count). The largest absolute Gasteiger partial charge is 0.459 e. The second-order valence-electron chi connectivity index (χ2n) is 5.09. The summed E-state index contributed by atoms with van der Waals surface area (Å²) < 4.78 is 6.73. The number of benzene rings is 1. The Kier molecular flexibility index (Phi) is 3.41. The molecule has 0 saturated carbocycles. The molecule has 0 bridgehead atoms. The third kappa shape index (κ3) is 2.82. The van der Waals surface area contributed by atoms with Gasteiger partial charge in [0.05, 0.1) is 11.9 Å². The number of nitrogen functional groups attached to an aromatic ring is 1. The molecule has 0 unspecified atom stereocenters. The third-order valence-corrected chi connectivity index (χ3v) is 3.51. The van der Waals surface area contributed by atoms with Crippen LogP contribution in [0.4, 0.5) is 5.69 Å². The molecule has 5 heteroatoms. The van der Waals surface area contributed by atoms with Gasteiger partial charge in [-0.2, -0.15) is 5.10 Å². The number of esters is 1. The molecular formula is C15H17N3O2. The summed E-state index contributed by atoms with van der Waals surface area (Å²) in [4.78, 5) is 11.7. The van der Waals surface area contributed by atoms with Crippen molar-refractivity contribution in [2.45, 2.75) is 32.4 Å². The molecule has 2 N–H and O–H groups in total. The molecular weight excluding hydrogens is 254 g/mol. The molecule has 0 spiro atoms. The fraction of sp³-hybridized carbons (Fsp3) is 0.333. The summed E-state index contributed by atoms with van der Waals surface area (Å²) in [5.74, 6) is -0.311. The van der Waals surface area contributed by atoms with Crippen molar-refractivity contribution in [3.05, 3.63) is 47.3 Å². The number of carbonyl (C=O) groups is 1. The van der Waals surface area contributed by atoms with Crippen molar-refractivity contribution in [3.8, 4) is 0 Å². The van der Waals surface area contributed by atoms with E-state index in [1.807, 2.05) is 6.07 Å². The summed E-state index contributed by atoms with van der Waals surface area (Å²) in [6, 6.07) is 6.31. The first-order chi connectivity index (χ1) is 9.70. The van der Waals surface area contributed by atoms with Crippen LogP contribution in [0, 0.1) is 0 Å². The Bertz CT molecular complexity index is 634. The summed E-state index contributed by atoms with van der Waals surface area (Å²) in [6.07, 6.45) is 6.63. The van der Waals surface area contributed by atoms with Crippen LogP contribution in [0.5, 0.6) is 0 Å². The first kappa shape index (κ1) is 12.7. The Balaban J connectivity index is 1.55. The smallest absolute Gasteiger partial charge is 0.328 e. The lowest BCUT2D eigenvalue weighted by molar-refractivity contribution is -0.145. The number of nitrogens with two attached hydrogens (primary N) is 1. The number of aromatic nitrogens is 2. The number of ether oxygens (including phenoxy) is 1. The predicted octanol–water partition coefficient (Wildman–Crippen LogP) is 1.70. The summed E-state index contributed by atoms with van der Waals surface area (Å²) in [7, 11) is 0. The number of carbonyl (C=O) groups excluding carboxylic acids is 1. The zero-order chi connectivity index (χ0) is 13.9. The van der Waals surface area contributed by atoms with E-state index in [1.165, 1.54) is 28.4 Å². The molecule has 1 heterocycles. The molecule has 1 aliphatic rings. The minimum Gasteiger partial charge on any atom is -0.459 e. The normalized spacial score (nSPS) is 13.2. The molecule has 104 valence electrons. The second-order valence-corrected chi connectivity index (χ2v) is 5.09. The van der Waals surface area contributed by atoms with Crippen LogP contribution in [0.2, 0.25) is 0 Å². The van der Waals surface area contributed by atoms with Gasteiger partial charge in [-0.15, -0.1) is 0 Å². The maximum atomic E-state index is 11.7. The van der Waals surface area contributed by atoms with Crippen LogP contribution in [0.25, 0.3) is 0 Å². The fourth-order valence-electron chi connectivity index (χ4n) is 2.52. The molecule has 0 atom stereocenters. The lowest BCUT2D eigenvalue weighted by atomic mass is 10.1. The molecule has 1 aliphatic carbocycles. The van der Waals surface area contributed by atoms with Crippen LogP contribution < -0.4 is 5.73 Å². The summed E-state index contributed by atoms with van der Waals surface area (Å²) >= 11 is 0. The van der Waals surface area contributed by atoms with Gasteiger partial charge >= 0.3 is 5.97 Å². The Morgan fingerprint density at radius 1 is 1.35 bits per heavy atom. The van der Waals surface area contributed by atoms with Gasteiger partial charge in [0.15, 0.2) is 0 Å². The van der Waals surface area contributed by atoms with Crippen molar-refractivity contribution in [2.75, 3.05) is 5.73 Å².